The highest BCUT2D eigenvalue weighted by Crippen LogP contribution is 2.30. The lowest BCUT2D eigenvalue weighted by Crippen LogP contribution is -2.51. The number of rotatable bonds is 3. The third kappa shape index (κ3) is 3.20. The number of amides is 1. The Bertz CT molecular complexity index is 1290. The predicted octanol–water partition coefficient (Wildman–Crippen LogP) is 3.73. The van der Waals surface area contributed by atoms with Gasteiger partial charge in [0.15, 0.2) is 5.82 Å². The van der Waals surface area contributed by atoms with Gasteiger partial charge in [-0.05, 0) is 43.7 Å². The molecule has 0 aliphatic carbocycles. The molecular weight excluding hydrogens is 393 g/mol. The number of carbonyl (C=O) groups excluding carboxylic acids is 1. The van der Waals surface area contributed by atoms with Gasteiger partial charge in [0.25, 0.3) is 5.91 Å². The third-order valence-electron chi connectivity index (χ3n) is 6.34. The predicted molar refractivity (Wildman–Crippen MR) is 121 cm³/mol. The van der Waals surface area contributed by atoms with Crippen molar-refractivity contribution in [2.45, 2.75) is 32.1 Å². The molecular formula is C24H26FN5O. The summed E-state index contributed by atoms with van der Waals surface area (Å²) in [7, 11) is 1.99. The van der Waals surface area contributed by atoms with E-state index in [4.69, 9.17) is 10.7 Å². The molecule has 7 heteroatoms. The van der Waals surface area contributed by atoms with Crippen LogP contribution in [0, 0.1) is 0 Å². The van der Waals surface area contributed by atoms with E-state index in [1.807, 2.05) is 37.4 Å². The number of likely N-dealkylation sites (tertiary alicyclic amines) is 1. The Morgan fingerprint density at radius 1 is 1.19 bits per heavy atom. The molecule has 160 valence electrons. The topological polar surface area (TPSA) is 69.1 Å². The molecule has 3 heterocycles. The molecule has 31 heavy (non-hydrogen) atoms. The molecule has 6 nitrogen and oxygen atoms in total. The maximum atomic E-state index is 13.7. The summed E-state index contributed by atoms with van der Waals surface area (Å²) in [5.74, 6) is 0.733. The number of carbonyl (C=O) groups is 1. The van der Waals surface area contributed by atoms with Gasteiger partial charge in [0, 0.05) is 43.1 Å². The molecule has 0 saturated carbocycles. The number of halogens is 1. The number of imidazole rings is 1. The normalized spacial score (nSPS) is 19.4. The fraction of sp³-hybridized carbons (Fsp3) is 0.333. The van der Waals surface area contributed by atoms with Crippen molar-refractivity contribution in [1.29, 1.82) is 0 Å². The van der Waals surface area contributed by atoms with Crippen LogP contribution in [0.1, 0.15) is 23.7 Å². The Hall–Kier alpha value is -3.19. The monoisotopic (exact) mass is 419 g/mol. The molecule has 1 fully saturated rings. The number of aryl methyl sites for hydroxylation is 2. The molecule has 2 aromatic heterocycles. The lowest BCUT2D eigenvalue weighted by molar-refractivity contribution is 0.0630. The molecule has 1 amide bonds. The SMILES string of the molecule is CCn1c(-c2nc3cc(C(=O)N4CCC(F)C(N)C4)ccc3n2C)cc2ccccc21. The van der Waals surface area contributed by atoms with E-state index in [9.17, 15) is 9.18 Å². The van der Waals surface area contributed by atoms with E-state index < -0.39 is 12.2 Å². The number of piperidine rings is 1. The molecule has 0 bridgehead atoms. The van der Waals surface area contributed by atoms with Crippen LogP contribution in [0.15, 0.2) is 48.5 Å². The van der Waals surface area contributed by atoms with Crippen molar-refractivity contribution in [3.05, 3.63) is 54.1 Å². The van der Waals surface area contributed by atoms with Gasteiger partial charge < -0.3 is 19.8 Å². The first kappa shape index (κ1) is 19.8. The highest BCUT2D eigenvalue weighted by atomic mass is 19.1. The number of fused-ring (bicyclic) bond motifs is 2. The summed E-state index contributed by atoms with van der Waals surface area (Å²) in [4.78, 5) is 19.5. The fourth-order valence-electron chi connectivity index (χ4n) is 4.62. The molecule has 5 rings (SSSR count). The first-order valence-electron chi connectivity index (χ1n) is 10.7. The second-order valence-corrected chi connectivity index (χ2v) is 8.25. The molecule has 1 aliphatic heterocycles. The van der Waals surface area contributed by atoms with Gasteiger partial charge in [-0.2, -0.15) is 0 Å². The molecule has 2 aromatic carbocycles. The molecule has 1 saturated heterocycles. The van der Waals surface area contributed by atoms with E-state index in [-0.39, 0.29) is 18.9 Å². The number of nitrogens with two attached hydrogens (primary N) is 1. The molecule has 2 atom stereocenters. The van der Waals surface area contributed by atoms with Gasteiger partial charge in [-0.1, -0.05) is 18.2 Å². The van der Waals surface area contributed by atoms with Crippen molar-refractivity contribution in [2.75, 3.05) is 13.1 Å². The molecule has 2 N–H and O–H groups in total. The van der Waals surface area contributed by atoms with Crippen molar-refractivity contribution in [3.8, 4) is 11.5 Å². The zero-order valence-corrected chi connectivity index (χ0v) is 17.8. The van der Waals surface area contributed by atoms with E-state index in [2.05, 4.69) is 34.3 Å². The second-order valence-electron chi connectivity index (χ2n) is 8.25. The van der Waals surface area contributed by atoms with Crippen LogP contribution in [0.4, 0.5) is 4.39 Å². The van der Waals surface area contributed by atoms with Crippen molar-refractivity contribution < 1.29 is 9.18 Å². The Labute approximate surface area is 180 Å². The van der Waals surface area contributed by atoms with Crippen molar-refractivity contribution >= 4 is 27.8 Å². The lowest BCUT2D eigenvalue weighted by Gasteiger charge is -2.33. The Morgan fingerprint density at radius 3 is 2.77 bits per heavy atom. The second kappa shape index (κ2) is 7.50. The van der Waals surface area contributed by atoms with Gasteiger partial charge in [0.2, 0.25) is 0 Å². The maximum absolute atomic E-state index is 13.7. The number of benzene rings is 2. The van der Waals surface area contributed by atoms with Crippen LogP contribution >= 0.6 is 0 Å². The summed E-state index contributed by atoms with van der Waals surface area (Å²) in [6.07, 6.45) is -0.764. The van der Waals surface area contributed by atoms with Gasteiger partial charge in [-0.25, -0.2) is 9.37 Å². The van der Waals surface area contributed by atoms with Crippen molar-refractivity contribution in [2.24, 2.45) is 12.8 Å². The van der Waals surface area contributed by atoms with E-state index >= 15 is 0 Å². The van der Waals surface area contributed by atoms with Gasteiger partial charge in [0.1, 0.15) is 6.17 Å². The zero-order chi connectivity index (χ0) is 21.7. The molecule has 1 aliphatic rings. The fourth-order valence-corrected chi connectivity index (χ4v) is 4.62. The van der Waals surface area contributed by atoms with Gasteiger partial charge >= 0.3 is 0 Å². The van der Waals surface area contributed by atoms with Crippen LogP contribution in [0.25, 0.3) is 33.5 Å². The lowest BCUT2D eigenvalue weighted by atomic mass is 10.0. The Morgan fingerprint density at radius 2 is 2.00 bits per heavy atom. The molecule has 0 spiro atoms. The van der Waals surface area contributed by atoms with Gasteiger partial charge in [-0.3, -0.25) is 4.79 Å². The standard InChI is InChI=1S/C24H26FN5O/c1-3-30-20-7-5-4-6-15(20)13-22(30)23-27-19-12-16(8-9-21(19)28(23)2)24(31)29-11-10-17(25)18(26)14-29/h4-9,12-13,17-18H,3,10-11,14,26H2,1-2H3. The summed E-state index contributed by atoms with van der Waals surface area (Å²) in [6.45, 7) is 3.58. The minimum absolute atomic E-state index is 0.126. The number of hydrogen-bond acceptors (Lipinski definition) is 3. The van der Waals surface area contributed by atoms with E-state index in [0.717, 1.165) is 29.1 Å². The van der Waals surface area contributed by atoms with Crippen LogP contribution in [0.5, 0.6) is 0 Å². The average Bonchev–Trinajstić information content (AvgIpc) is 3.32. The maximum Gasteiger partial charge on any atom is 0.253 e. The van der Waals surface area contributed by atoms with Crippen molar-refractivity contribution in [3.63, 3.8) is 0 Å². The summed E-state index contributed by atoms with van der Waals surface area (Å²) >= 11 is 0. The van der Waals surface area contributed by atoms with E-state index in [0.29, 0.717) is 12.1 Å². The number of alkyl halides is 1. The van der Waals surface area contributed by atoms with Crippen LogP contribution in [-0.4, -0.2) is 50.2 Å². The minimum Gasteiger partial charge on any atom is -0.338 e. The van der Waals surface area contributed by atoms with Crippen LogP contribution in [-0.2, 0) is 13.6 Å². The summed E-state index contributed by atoms with van der Waals surface area (Å²) in [5, 5.41) is 1.18. The number of para-hydroxylation sites is 1. The van der Waals surface area contributed by atoms with E-state index in [1.165, 1.54) is 10.9 Å². The summed E-state index contributed by atoms with van der Waals surface area (Å²) < 4.78 is 18.0. The zero-order valence-electron chi connectivity index (χ0n) is 17.8. The smallest absolute Gasteiger partial charge is 0.253 e. The summed E-state index contributed by atoms with van der Waals surface area (Å²) in [5.41, 5.74) is 10.3. The van der Waals surface area contributed by atoms with Crippen LogP contribution < -0.4 is 5.73 Å². The molecule has 0 radical (unpaired) electrons. The minimum atomic E-state index is -1.05. The quantitative estimate of drug-likeness (QED) is 0.550. The van der Waals surface area contributed by atoms with E-state index in [1.54, 1.807) is 4.90 Å². The summed E-state index contributed by atoms with van der Waals surface area (Å²) in [6, 6.07) is 15.4. The Balaban J connectivity index is 1.54. The van der Waals surface area contributed by atoms with Gasteiger partial charge in [0.05, 0.1) is 22.8 Å². The average molecular weight is 420 g/mol. The Kier molecular flexibility index (Phi) is 4.78. The van der Waals surface area contributed by atoms with Crippen molar-refractivity contribution in [1.82, 2.24) is 19.0 Å². The molecule has 2 unspecified atom stereocenters. The first-order valence-corrected chi connectivity index (χ1v) is 10.7. The van der Waals surface area contributed by atoms with Crippen LogP contribution in [0.2, 0.25) is 0 Å². The largest absolute Gasteiger partial charge is 0.338 e. The number of aromatic nitrogens is 3. The molecule has 4 aromatic rings. The highest BCUT2D eigenvalue weighted by Gasteiger charge is 2.29. The van der Waals surface area contributed by atoms with Gasteiger partial charge in [-0.15, -0.1) is 0 Å². The van der Waals surface area contributed by atoms with Crippen LogP contribution in [0.3, 0.4) is 0 Å². The number of hydrogen-bond donors (Lipinski definition) is 1. The first-order chi connectivity index (χ1) is 15.0. The number of nitrogens with zero attached hydrogens (tertiary/aromatic N) is 4. The third-order valence-corrected chi connectivity index (χ3v) is 6.34. The highest BCUT2D eigenvalue weighted by molar-refractivity contribution is 5.98.